The molecule has 0 aliphatic heterocycles. The van der Waals surface area contributed by atoms with Gasteiger partial charge in [-0.1, -0.05) is 15.9 Å². The van der Waals surface area contributed by atoms with Crippen molar-refractivity contribution in [3.63, 3.8) is 0 Å². The Labute approximate surface area is 114 Å². The number of nitrogens with zero attached hydrogens (tertiary/aromatic N) is 2. The summed E-state index contributed by atoms with van der Waals surface area (Å²) in [5.74, 6) is -0.0576. The van der Waals surface area contributed by atoms with Crippen LogP contribution in [0.2, 0.25) is 0 Å². The van der Waals surface area contributed by atoms with Gasteiger partial charge in [-0.2, -0.15) is 5.10 Å². The van der Waals surface area contributed by atoms with E-state index in [1.807, 2.05) is 31.3 Å². The molecule has 0 fully saturated rings. The lowest BCUT2D eigenvalue weighted by atomic mass is 10.1. The average Bonchev–Trinajstić information content (AvgIpc) is 2.85. The van der Waals surface area contributed by atoms with Crippen molar-refractivity contribution in [2.24, 2.45) is 0 Å². The van der Waals surface area contributed by atoms with Crippen LogP contribution in [0.1, 0.15) is 15.9 Å². The summed E-state index contributed by atoms with van der Waals surface area (Å²) in [7, 11) is 0. The largest absolute Gasteiger partial charge is 0.350 e. The lowest BCUT2D eigenvalue weighted by Gasteiger charge is -2.07. The van der Waals surface area contributed by atoms with Crippen LogP contribution in [0, 0.1) is 6.92 Å². The third-order valence-corrected chi connectivity index (χ3v) is 3.50. The summed E-state index contributed by atoms with van der Waals surface area (Å²) < 4.78 is 2.79. The molecule has 0 saturated carbocycles. The van der Waals surface area contributed by atoms with E-state index in [2.05, 4.69) is 26.3 Å². The van der Waals surface area contributed by atoms with Crippen LogP contribution in [0.25, 0.3) is 0 Å². The summed E-state index contributed by atoms with van der Waals surface area (Å²) in [6.07, 6.45) is 3.59. The van der Waals surface area contributed by atoms with E-state index in [-0.39, 0.29) is 5.91 Å². The van der Waals surface area contributed by atoms with Crippen molar-refractivity contribution < 1.29 is 4.79 Å². The quantitative estimate of drug-likeness (QED) is 0.942. The molecule has 0 saturated heterocycles. The van der Waals surface area contributed by atoms with Crippen LogP contribution in [0.15, 0.2) is 41.1 Å². The van der Waals surface area contributed by atoms with Crippen molar-refractivity contribution in [2.45, 2.75) is 13.5 Å². The van der Waals surface area contributed by atoms with E-state index >= 15 is 0 Å². The number of carbonyl (C=O) groups is 1. The van der Waals surface area contributed by atoms with E-state index in [0.29, 0.717) is 18.7 Å². The molecule has 2 rings (SSSR count). The Kier molecular flexibility index (Phi) is 4.15. The van der Waals surface area contributed by atoms with Gasteiger partial charge in [-0.3, -0.25) is 9.48 Å². The second-order valence-corrected chi connectivity index (χ2v) is 4.84. The number of nitrogens with one attached hydrogen (secondary N) is 1. The van der Waals surface area contributed by atoms with Crippen LogP contribution in [0.5, 0.6) is 0 Å². The minimum Gasteiger partial charge on any atom is -0.350 e. The molecule has 1 aromatic heterocycles. The monoisotopic (exact) mass is 307 g/mol. The zero-order valence-electron chi connectivity index (χ0n) is 10.1. The Hall–Kier alpha value is -1.62. The van der Waals surface area contributed by atoms with Gasteiger partial charge in [-0.05, 0) is 36.8 Å². The Morgan fingerprint density at radius 1 is 1.50 bits per heavy atom. The van der Waals surface area contributed by atoms with Crippen molar-refractivity contribution in [1.82, 2.24) is 15.1 Å². The summed E-state index contributed by atoms with van der Waals surface area (Å²) in [4.78, 5) is 11.9. The highest BCUT2D eigenvalue weighted by Crippen LogP contribution is 2.16. The molecule has 0 aliphatic carbocycles. The molecule has 0 radical (unpaired) electrons. The molecule has 1 amide bonds. The highest BCUT2D eigenvalue weighted by molar-refractivity contribution is 9.10. The molecule has 1 heterocycles. The molecular weight excluding hydrogens is 294 g/mol. The van der Waals surface area contributed by atoms with Gasteiger partial charge in [0.25, 0.3) is 5.91 Å². The van der Waals surface area contributed by atoms with Crippen LogP contribution in [0.4, 0.5) is 0 Å². The summed E-state index contributed by atoms with van der Waals surface area (Å²) in [6, 6.07) is 7.42. The van der Waals surface area contributed by atoms with Gasteiger partial charge in [0.2, 0.25) is 0 Å². The molecule has 94 valence electrons. The van der Waals surface area contributed by atoms with Gasteiger partial charge in [0, 0.05) is 29.0 Å². The molecule has 1 aromatic carbocycles. The minimum atomic E-state index is -0.0576. The molecule has 0 atom stereocenters. The standard InChI is InChI=1S/C13H14BrN3O/c1-10-9-11(3-4-12(10)14)13(18)15-6-8-17-7-2-5-16-17/h2-5,7,9H,6,8H2,1H3,(H,15,18). The highest BCUT2D eigenvalue weighted by atomic mass is 79.9. The maximum absolute atomic E-state index is 11.9. The van der Waals surface area contributed by atoms with E-state index in [1.54, 1.807) is 16.9 Å². The number of hydrogen-bond donors (Lipinski definition) is 1. The minimum absolute atomic E-state index is 0.0576. The maximum Gasteiger partial charge on any atom is 0.251 e. The maximum atomic E-state index is 11.9. The van der Waals surface area contributed by atoms with E-state index in [4.69, 9.17) is 0 Å². The molecular formula is C13H14BrN3O. The SMILES string of the molecule is Cc1cc(C(=O)NCCn2cccn2)ccc1Br. The third kappa shape index (κ3) is 3.20. The zero-order chi connectivity index (χ0) is 13.0. The van der Waals surface area contributed by atoms with Gasteiger partial charge in [0.15, 0.2) is 0 Å². The summed E-state index contributed by atoms with van der Waals surface area (Å²) in [6.45, 7) is 3.20. The van der Waals surface area contributed by atoms with Gasteiger partial charge in [0.05, 0.1) is 6.54 Å². The van der Waals surface area contributed by atoms with Crippen molar-refractivity contribution in [2.75, 3.05) is 6.54 Å². The molecule has 0 bridgehead atoms. The van der Waals surface area contributed by atoms with Gasteiger partial charge >= 0.3 is 0 Å². The molecule has 1 N–H and O–H groups in total. The van der Waals surface area contributed by atoms with Gasteiger partial charge < -0.3 is 5.32 Å². The van der Waals surface area contributed by atoms with E-state index in [9.17, 15) is 4.79 Å². The fourth-order valence-electron chi connectivity index (χ4n) is 1.60. The van der Waals surface area contributed by atoms with E-state index in [1.165, 1.54) is 0 Å². The molecule has 0 spiro atoms. The van der Waals surface area contributed by atoms with Gasteiger partial charge in [-0.15, -0.1) is 0 Å². The Balaban J connectivity index is 1.89. The number of hydrogen-bond acceptors (Lipinski definition) is 2. The molecule has 0 aliphatic rings. The average molecular weight is 308 g/mol. The fraction of sp³-hybridized carbons (Fsp3) is 0.231. The predicted molar refractivity (Wildman–Crippen MR) is 73.4 cm³/mol. The van der Waals surface area contributed by atoms with E-state index in [0.717, 1.165) is 10.0 Å². The topological polar surface area (TPSA) is 46.9 Å². The smallest absolute Gasteiger partial charge is 0.251 e. The number of aromatic nitrogens is 2. The Morgan fingerprint density at radius 3 is 3.00 bits per heavy atom. The first-order valence-electron chi connectivity index (χ1n) is 5.68. The second-order valence-electron chi connectivity index (χ2n) is 3.99. The van der Waals surface area contributed by atoms with Gasteiger partial charge in [0.1, 0.15) is 0 Å². The lowest BCUT2D eigenvalue weighted by Crippen LogP contribution is -2.27. The van der Waals surface area contributed by atoms with Gasteiger partial charge in [-0.25, -0.2) is 0 Å². The third-order valence-electron chi connectivity index (χ3n) is 2.61. The van der Waals surface area contributed by atoms with Crippen molar-refractivity contribution in [1.29, 1.82) is 0 Å². The van der Waals surface area contributed by atoms with Crippen molar-refractivity contribution in [3.05, 3.63) is 52.3 Å². The van der Waals surface area contributed by atoms with Crippen LogP contribution in [0.3, 0.4) is 0 Å². The van der Waals surface area contributed by atoms with Crippen molar-refractivity contribution in [3.8, 4) is 0 Å². The first-order chi connectivity index (χ1) is 8.66. The Bertz CT molecular complexity index is 537. The summed E-state index contributed by atoms with van der Waals surface area (Å²) in [5.41, 5.74) is 1.73. The zero-order valence-corrected chi connectivity index (χ0v) is 11.6. The van der Waals surface area contributed by atoms with Crippen LogP contribution >= 0.6 is 15.9 Å². The number of halogens is 1. The molecule has 18 heavy (non-hydrogen) atoms. The fourth-order valence-corrected chi connectivity index (χ4v) is 1.85. The lowest BCUT2D eigenvalue weighted by molar-refractivity contribution is 0.0952. The molecule has 2 aromatic rings. The van der Waals surface area contributed by atoms with Crippen LogP contribution < -0.4 is 5.32 Å². The number of amides is 1. The van der Waals surface area contributed by atoms with Crippen LogP contribution in [-0.2, 0) is 6.54 Å². The summed E-state index contributed by atoms with van der Waals surface area (Å²) >= 11 is 3.41. The molecule has 0 unspecified atom stereocenters. The first kappa shape index (κ1) is 12.8. The summed E-state index contributed by atoms with van der Waals surface area (Å²) in [5, 5.41) is 6.94. The molecule has 4 nitrogen and oxygen atoms in total. The number of rotatable bonds is 4. The number of benzene rings is 1. The van der Waals surface area contributed by atoms with Crippen molar-refractivity contribution >= 4 is 21.8 Å². The highest BCUT2D eigenvalue weighted by Gasteiger charge is 2.06. The number of aryl methyl sites for hydroxylation is 1. The normalized spacial score (nSPS) is 10.3. The Morgan fingerprint density at radius 2 is 2.33 bits per heavy atom. The second kappa shape index (κ2) is 5.82. The van der Waals surface area contributed by atoms with E-state index < -0.39 is 0 Å². The predicted octanol–water partition coefficient (Wildman–Crippen LogP) is 2.38. The molecule has 5 heteroatoms. The van der Waals surface area contributed by atoms with Crippen LogP contribution in [-0.4, -0.2) is 22.2 Å². The first-order valence-corrected chi connectivity index (χ1v) is 6.48. The number of carbonyl (C=O) groups excluding carboxylic acids is 1.